The smallest absolute Gasteiger partial charge is 0.264 e. The summed E-state index contributed by atoms with van der Waals surface area (Å²) in [6.07, 6.45) is 2.38. The van der Waals surface area contributed by atoms with E-state index in [0.29, 0.717) is 12.3 Å². The molecule has 1 saturated heterocycles. The van der Waals surface area contributed by atoms with Crippen molar-refractivity contribution in [3.63, 3.8) is 0 Å². The van der Waals surface area contributed by atoms with Gasteiger partial charge in [-0.3, -0.25) is 4.79 Å². The number of carbonyl (C=O) groups excluding carboxylic acids is 1. The zero-order valence-electron chi connectivity index (χ0n) is 10.1. The van der Waals surface area contributed by atoms with Gasteiger partial charge in [0.05, 0.1) is 0 Å². The van der Waals surface area contributed by atoms with Gasteiger partial charge in [-0.25, -0.2) is 0 Å². The molecule has 1 amide bonds. The summed E-state index contributed by atoms with van der Waals surface area (Å²) in [6.45, 7) is 0.812. The summed E-state index contributed by atoms with van der Waals surface area (Å²) in [7, 11) is 0. The topological polar surface area (TPSA) is 29.5 Å². The fourth-order valence-electron chi connectivity index (χ4n) is 2.79. The summed E-state index contributed by atoms with van der Waals surface area (Å²) in [6, 6.07) is 8.04. The van der Waals surface area contributed by atoms with Crippen LogP contribution in [0, 0.1) is 0 Å². The van der Waals surface area contributed by atoms with Crippen molar-refractivity contribution in [2.45, 2.75) is 31.4 Å². The van der Waals surface area contributed by atoms with Crippen LogP contribution >= 0.6 is 11.6 Å². The highest BCUT2D eigenvalue weighted by atomic mass is 35.5. The molecule has 0 aliphatic carbocycles. The molecule has 2 aliphatic heterocycles. The molecule has 3 rings (SSSR count). The second-order valence-corrected chi connectivity index (χ2v) is 5.21. The second-order valence-electron chi connectivity index (χ2n) is 4.90. The first-order chi connectivity index (χ1) is 8.79. The maximum Gasteiger partial charge on any atom is 0.264 e. The molecular formula is C14H16ClNO2. The van der Waals surface area contributed by atoms with Crippen LogP contribution in [0.1, 0.15) is 18.4 Å². The van der Waals surface area contributed by atoms with E-state index in [-0.39, 0.29) is 18.1 Å². The molecule has 1 aromatic carbocycles. The normalized spacial score (nSPS) is 25.9. The standard InChI is InChI=1S/C14H16ClNO2/c15-9-11-5-3-7-16(11)14(17)13-8-10-4-1-2-6-12(10)18-13/h1-2,4,6,11,13H,3,5,7-9H2. The molecule has 0 saturated carbocycles. The van der Waals surface area contributed by atoms with E-state index in [4.69, 9.17) is 16.3 Å². The highest BCUT2D eigenvalue weighted by molar-refractivity contribution is 6.18. The van der Waals surface area contributed by atoms with E-state index in [9.17, 15) is 4.79 Å². The van der Waals surface area contributed by atoms with Gasteiger partial charge in [0.15, 0.2) is 6.10 Å². The summed E-state index contributed by atoms with van der Waals surface area (Å²) >= 11 is 5.91. The Morgan fingerprint density at radius 2 is 2.28 bits per heavy atom. The van der Waals surface area contributed by atoms with Gasteiger partial charge in [0.2, 0.25) is 0 Å². The molecule has 0 bridgehead atoms. The molecule has 2 heterocycles. The first kappa shape index (κ1) is 11.8. The van der Waals surface area contributed by atoms with Crippen LogP contribution in [0.4, 0.5) is 0 Å². The number of fused-ring (bicyclic) bond motifs is 1. The molecule has 0 aromatic heterocycles. The molecular weight excluding hydrogens is 250 g/mol. The summed E-state index contributed by atoms with van der Waals surface area (Å²) in [5.74, 6) is 1.46. The number of ether oxygens (including phenoxy) is 1. The van der Waals surface area contributed by atoms with Crippen LogP contribution in [0.15, 0.2) is 24.3 Å². The first-order valence-corrected chi connectivity index (χ1v) is 6.94. The number of hydrogen-bond acceptors (Lipinski definition) is 2. The Bertz CT molecular complexity index is 438. The number of benzene rings is 1. The van der Waals surface area contributed by atoms with Crippen molar-refractivity contribution < 1.29 is 9.53 Å². The quantitative estimate of drug-likeness (QED) is 0.768. The Hall–Kier alpha value is -1.22. The largest absolute Gasteiger partial charge is 0.480 e. The van der Waals surface area contributed by atoms with E-state index in [2.05, 4.69) is 0 Å². The lowest BCUT2D eigenvalue weighted by atomic mass is 10.1. The molecule has 2 aliphatic rings. The average molecular weight is 266 g/mol. The van der Waals surface area contributed by atoms with Gasteiger partial charge >= 0.3 is 0 Å². The first-order valence-electron chi connectivity index (χ1n) is 6.40. The van der Waals surface area contributed by atoms with Crippen LogP contribution < -0.4 is 4.74 Å². The third-order valence-electron chi connectivity index (χ3n) is 3.76. The Labute approximate surface area is 112 Å². The number of nitrogens with zero attached hydrogens (tertiary/aromatic N) is 1. The van der Waals surface area contributed by atoms with Crippen molar-refractivity contribution in [2.75, 3.05) is 12.4 Å². The summed E-state index contributed by atoms with van der Waals surface area (Å²) in [5, 5.41) is 0. The lowest BCUT2D eigenvalue weighted by Gasteiger charge is -2.25. The van der Waals surface area contributed by atoms with Gasteiger partial charge in [0.25, 0.3) is 5.91 Å². The minimum Gasteiger partial charge on any atom is -0.480 e. The number of carbonyl (C=O) groups is 1. The van der Waals surface area contributed by atoms with Crippen LogP contribution in [0.2, 0.25) is 0 Å². The molecule has 2 atom stereocenters. The lowest BCUT2D eigenvalue weighted by molar-refractivity contribution is -0.138. The highest BCUT2D eigenvalue weighted by Gasteiger charge is 2.36. The summed E-state index contributed by atoms with van der Waals surface area (Å²) < 4.78 is 5.74. The van der Waals surface area contributed by atoms with Crippen molar-refractivity contribution in [1.82, 2.24) is 4.90 Å². The van der Waals surface area contributed by atoms with E-state index in [0.717, 1.165) is 30.7 Å². The van der Waals surface area contributed by atoms with Gasteiger partial charge in [-0.05, 0) is 24.5 Å². The fourth-order valence-corrected chi connectivity index (χ4v) is 3.11. The van der Waals surface area contributed by atoms with Crippen LogP contribution in [0.25, 0.3) is 0 Å². The molecule has 4 heteroatoms. The number of amides is 1. The predicted octanol–water partition coefficient (Wildman–Crippen LogP) is 2.22. The van der Waals surface area contributed by atoms with Gasteiger partial charge in [-0.1, -0.05) is 18.2 Å². The minimum atomic E-state index is -0.355. The molecule has 0 N–H and O–H groups in total. The SMILES string of the molecule is O=C(C1Cc2ccccc2O1)N1CCCC1CCl. The average Bonchev–Trinajstić information content (AvgIpc) is 3.03. The number of rotatable bonds is 2. The Morgan fingerprint density at radius 1 is 1.44 bits per heavy atom. The molecule has 1 fully saturated rings. The number of para-hydroxylation sites is 1. The van der Waals surface area contributed by atoms with Crippen LogP contribution in [-0.4, -0.2) is 35.4 Å². The molecule has 3 nitrogen and oxygen atoms in total. The minimum absolute atomic E-state index is 0.0920. The predicted molar refractivity (Wildman–Crippen MR) is 70.0 cm³/mol. The highest BCUT2D eigenvalue weighted by Crippen LogP contribution is 2.30. The molecule has 18 heavy (non-hydrogen) atoms. The van der Waals surface area contributed by atoms with Crippen LogP contribution in [0.5, 0.6) is 5.75 Å². The van der Waals surface area contributed by atoms with Crippen molar-refractivity contribution >= 4 is 17.5 Å². The van der Waals surface area contributed by atoms with E-state index in [1.165, 1.54) is 0 Å². The lowest BCUT2D eigenvalue weighted by Crippen LogP contribution is -2.44. The van der Waals surface area contributed by atoms with Gasteiger partial charge in [0.1, 0.15) is 5.75 Å². The third kappa shape index (κ3) is 1.97. The van der Waals surface area contributed by atoms with Crippen molar-refractivity contribution in [3.8, 4) is 5.75 Å². The molecule has 0 spiro atoms. The third-order valence-corrected chi connectivity index (χ3v) is 4.12. The monoisotopic (exact) mass is 265 g/mol. The van der Waals surface area contributed by atoms with Gasteiger partial charge in [-0.2, -0.15) is 0 Å². The molecule has 1 aromatic rings. The zero-order chi connectivity index (χ0) is 12.5. The number of hydrogen-bond donors (Lipinski definition) is 0. The van der Waals surface area contributed by atoms with E-state index < -0.39 is 0 Å². The fraction of sp³-hybridized carbons (Fsp3) is 0.500. The molecule has 0 radical (unpaired) electrons. The molecule has 2 unspecified atom stereocenters. The van der Waals surface area contributed by atoms with E-state index in [1.807, 2.05) is 29.2 Å². The van der Waals surface area contributed by atoms with Crippen molar-refractivity contribution in [1.29, 1.82) is 0 Å². The van der Waals surface area contributed by atoms with E-state index in [1.54, 1.807) is 0 Å². The maximum atomic E-state index is 12.4. The van der Waals surface area contributed by atoms with Crippen molar-refractivity contribution in [2.24, 2.45) is 0 Å². The Morgan fingerprint density at radius 3 is 3.06 bits per heavy atom. The number of alkyl halides is 1. The zero-order valence-corrected chi connectivity index (χ0v) is 10.9. The van der Waals surface area contributed by atoms with Gasteiger partial charge in [-0.15, -0.1) is 11.6 Å². The van der Waals surface area contributed by atoms with Gasteiger partial charge in [0, 0.05) is 24.9 Å². The number of likely N-dealkylation sites (tertiary alicyclic amines) is 1. The number of halogens is 1. The van der Waals surface area contributed by atoms with Crippen molar-refractivity contribution in [3.05, 3.63) is 29.8 Å². The van der Waals surface area contributed by atoms with Gasteiger partial charge < -0.3 is 9.64 Å². The maximum absolute atomic E-state index is 12.4. The molecule has 96 valence electrons. The summed E-state index contributed by atoms with van der Waals surface area (Å²) in [4.78, 5) is 14.3. The van der Waals surface area contributed by atoms with Crippen LogP contribution in [-0.2, 0) is 11.2 Å². The van der Waals surface area contributed by atoms with Crippen LogP contribution in [0.3, 0.4) is 0 Å². The second kappa shape index (κ2) is 4.81. The summed E-state index contributed by atoms with van der Waals surface area (Å²) in [5.41, 5.74) is 1.12. The Kier molecular flexibility index (Phi) is 3.16. The van der Waals surface area contributed by atoms with E-state index >= 15 is 0 Å². The Balaban J connectivity index is 1.72.